The number of nitrogens with one attached hydrogen (secondary N) is 1. The number of hydrogen-bond donors (Lipinski definition) is 1. The number of carbonyl (C=O) groups is 1. The average molecular weight is 206 g/mol. The van der Waals surface area contributed by atoms with Crippen LogP contribution in [0.4, 0.5) is 11.6 Å². The first-order chi connectivity index (χ1) is 7.13. The second-order valence-corrected chi connectivity index (χ2v) is 3.16. The van der Waals surface area contributed by atoms with E-state index >= 15 is 0 Å². The molecule has 15 heavy (non-hydrogen) atoms. The Balaban J connectivity index is 2.68. The number of rotatable bonds is 3. The molecule has 1 aromatic heterocycles. The molecule has 0 atom stereocenters. The highest BCUT2D eigenvalue weighted by molar-refractivity contribution is 5.98. The molecule has 0 aliphatic rings. The van der Waals surface area contributed by atoms with Gasteiger partial charge in [-0.25, -0.2) is 9.97 Å². The molecule has 0 unspecified atom stereocenters. The van der Waals surface area contributed by atoms with E-state index in [1.165, 1.54) is 6.08 Å². The Morgan fingerprint density at radius 3 is 2.47 bits per heavy atom. The Kier molecular flexibility index (Phi) is 3.79. The smallest absolute Gasteiger partial charge is 0.248 e. The maximum atomic E-state index is 11.2. The van der Waals surface area contributed by atoms with E-state index in [2.05, 4.69) is 15.3 Å². The summed E-state index contributed by atoms with van der Waals surface area (Å²) in [6, 6.07) is 0. The molecule has 0 radical (unpaired) electrons. The Morgan fingerprint density at radius 2 is 2.00 bits per heavy atom. The van der Waals surface area contributed by atoms with Crippen LogP contribution in [0.1, 0.15) is 6.92 Å². The van der Waals surface area contributed by atoms with Crippen LogP contribution in [-0.2, 0) is 4.79 Å². The lowest BCUT2D eigenvalue weighted by atomic mass is 10.4. The van der Waals surface area contributed by atoms with Gasteiger partial charge in [0.15, 0.2) is 0 Å². The van der Waals surface area contributed by atoms with Gasteiger partial charge in [-0.05, 0) is 13.0 Å². The Morgan fingerprint density at radius 1 is 1.40 bits per heavy atom. The molecule has 80 valence electrons. The number of carbonyl (C=O) groups excluding carboxylic acids is 1. The molecule has 0 saturated carbocycles. The van der Waals surface area contributed by atoms with Crippen molar-refractivity contribution < 1.29 is 4.79 Å². The number of allylic oxidation sites excluding steroid dienone is 1. The van der Waals surface area contributed by atoms with Gasteiger partial charge in [-0.1, -0.05) is 6.08 Å². The van der Waals surface area contributed by atoms with Crippen LogP contribution in [-0.4, -0.2) is 30.0 Å². The van der Waals surface area contributed by atoms with Gasteiger partial charge in [-0.3, -0.25) is 4.79 Å². The second kappa shape index (κ2) is 5.09. The van der Waals surface area contributed by atoms with Crippen LogP contribution < -0.4 is 10.2 Å². The van der Waals surface area contributed by atoms with E-state index in [1.807, 2.05) is 14.1 Å². The van der Waals surface area contributed by atoms with Gasteiger partial charge in [0, 0.05) is 14.1 Å². The summed E-state index contributed by atoms with van der Waals surface area (Å²) in [6.07, 6.45) is 6.26. The molecule has 0 fully saturated rings. The van der Waals surface area contributed by atoms with E-state index in [0.717, 1.165) is 0 Å². The van der Waals surface area contributed by atoms with Crippen LogP contribution in [0.15, 0.2) is 24.5 Å². The Labute approximate surface area is 88.8 Å². The minimum absolute atomic E-state index is 0.182. The predicted octanol–water partition coefficient (Wildman–Crippen LogP) is 1.06. The maximum absolute atomic E-state index is 11.2. The molecule has 0 aromatic carbocycles. The minimum Gasteiger partial charge on any atom is -0.347 e. The van der Waals surface area contributed by atoms with Gasteiger partial charge in [-0.2, -0.15) is 0 Å². The fourth-order valence-corrected chi connectivity index (χ4v) is 0.952. The average Bonchev–Trinajstić information content (AvgIpc) is 2.18. The monoisotopic (exact) mass is 206 g/mol. The third-order valence-corrected chi connectivity index (χ3v) is 1.62. The van der Waals surface area contributed by atoms with Crippen LogP contribution in [0.25, 0.3) is 0 Å². The van der Waals surface area contributed by atoms with Crippen molar-refractivity contribution in [3.63, 3.8) is 0 Å². The van der Waals surface area contributed by atoms with Gasteiger partial charge in [0.25, 0.3) is 0 Å². The molecule has 1 rings (SSSR count). The van der Waals surface area contributed by atoms with E-state index in [9.17, 15) is 4.79 Å². The summed E-state index contributed by atoms with van der Waals surface area (Å²) < 4.78 is 0. The fraction of sp³-hybridized carbons (Fsp3) is 0.300. The number of nitrogens with zero attached hydrogens (tertiary/aromatic N) is 3. The van der Waals surface area contributed by atoms with Crippen molar-refractivity contribution >= 4 is 17.5 Å². The summed E-state index contributed by atoms with van der Waals surface area (Å²) in [4.78, 5) is 21.1. The van der Waals surface area contributed by atoms with Gasteiger partial charge in [0.1, 0.15) is 0 Å². The molecule has 1 aromatic rings. The molecular formula is C10H14N4O. The first-order valence-electron chi connectivity index (χ1n) is 4.56. The van der Waals surface area contributed by atoms with Gasteiger partial charge >= 0.3 is 0 Å². The third kappa shape index (κ3) is 3.38. The zero-order valence-electron chi connectivity index (χ0n) is 9.06. The van der Waals surface area contributed by atoms with Crippen LogP contribution in [0.2, 0.25) is 0 Å². The van der Waals surface area contributed by atoms with Gasteiger partial charge in [0.2, 0.25) is 11.9 Å². The number of anilines is 2. The van der Waals surface area contributed by atoms with Crippen LogP contribution in [0.5, 0.6) is 0 Å². The zero-order chi connectivity index (χ0) is 11.3. The minimum atomic E-state index is -0.182. The first-order valence-corrected chi connectivity index (χ1v) is 4.56. The topological polar surface area (TPSA) is 58.1 Å². The summed E-state index contributed by atoms with van der Waals surface area (Å²) >= 11 is 0. The van der Waals surface area contributed by atoms with Crippen molar-refractivity contribution in [1.82, 2.24) is 9.97 Å². The van der Waals surface area contributed by atoms with Crippen molar-refractivity contribution in [3.8, 4) is 0 Å². The standard InChI is InChI=1S/C10H14N4O/c1-4-5-9(15)13-8-6-11-10(12-7-8)14(2)3/h4-7H,1-3H3,(H,13,15). The molecule has 1 heterocycles. The Bertz CT molecular complexity index is 356. The molecule has 0 aliphatic carbocycles. The normalized spacial score (nSPS) is 10.3. The first kappa shape index (κ1) is 11.2. The van der Waals surface area contributed by atoms with Crippen molar-refractivity contribution in [2.24, 2.45) is 0 Å². The molecular weight excluding hydrogens is 192 g/mol. The third-order valence-electron chi connectivity index (χ3n) is 1.62. The molecule has 1 N–H and O–H groups in total. The van der Waals surface area contributed by atoms with Crippen molar-refractivity contribution in [3.05, 3.63) is 24.5 Å². The summed E-state index contributed by atoms with van der Waals surface area (Å²) in [6.45, 7) is 1.78. The SMILES string of the molecule is CC=CC(=O)Nc1cnc(N(C)C)nc1. The maximum Gasteiger partial charge on any atom is 0.248 e. The molecule has 0 aliphatic heterocycles. The summed E-state index contributed by atoms with van der Waals surface area (Å²) in [5, 5.41) is 2.64. The quantitative estimate of drug-likeness (QED) is 0.751. The molecule has 5 nitrogen and oxygen atoms in total. The summed E-state index contributed by atoms with van der Waals surface area (Å²) in [7, 11) is 3.71. The van der Waals surface area contributed by atoms with Crippen molar-refractivity contribution in [1.29, 1.82) is 0 Å². The highest BCUT2D eigenvalue weighted by Crippen LogP contribution is 2.07. The molecule has 0 saturated heterocycles. The van der Waals surface area contributed by atoms with Gasteiger partial charge < -0.3 is 10.2 Å². The highest BCUT2D eigenvalue weighted by atomic mass is 16.1. The number of hydrogen-bond acceptors (Lipinski definition) is 4. The second-order valence-electron chi connectivity index (χ2n) is 3.16. The van der Waals surface area contributed by atoms with E-state index in [-0.39, 0.29) is 5.91 Å². The van der Waals surface area contributed by atoms with E-state index in [1.54, 1.807) is 30.3 Å². The predicted molar refractivity (Wildman–Crippen MR) is 59.8 cm³/mol. The largest absolute Gasteiger partial charge is 0.347 e. The van der Waals surface area contributed by atoms with Gasteiger partial charge in [0.05, 0.1) is 18.1 Å². The number of amides is 1. The lowest BCUT2D eigenvalue weighted by Gasteiger charge is -2.09. The van der Waals surface area contributed by atoms with E-state index < -0.39 is 0 Å². The van der Waals surface area contributed by atoms with E-state index in [0.29, 0.717) is 11.6 Å². The Hall–Kier alpha value is -1.91. The molecule has 0 spiro atoms. The number of aromatic nitrogens is 2. The fourth-order valence-electron chi connectivity index (χ4n) is 0.952. The lowest BCUT2D eigenvalue weighted by molar-refractivity contribution is -0.111. The molecule has 1 amide bonds. The lowest BCUT2D eigenvalue weighted by Crippen LogP contribution is -2.13. The van der Waals surface area contributed by atoms with Crippen LogP contribution >= 0.6 is 0 Å². The van der Waals surface area contributed by atoms with Crippen LogP contribution in [0, 0.1) is 0 Å². The summed E-state index contributed by atoms with van der Waals surface area (Å²) in [5.74, 6) is 0.428. The zero-order valence-corrected chi connectivity index (χ0v) is 9.06. The van der Waals surface area contributed by atoms with Crippen molar-refractivity contribution in [2.45, 2.75) is 6.92 Å². The van der Waals surface area contributed by atoms with E-state index in [4.69, 9.17) is 0 Å². The molecule has 5 heteroatoms. The molecule has 0 bridgehead atoms. The van der Waals surface area contributed by atoms with Gasteiger partial charge in [-0.15, -0.1) is 0 Å². The highest BCUT2D eigenvalue weighted by Gasteiger charge is 2.00. The van der Waals surface area contributed by atoms with Crippen LogP contribution in [0.3, 0.4) is 0 Å². The summed E-state index contributed by atoms with van der Waals surface area (Å²) in [5.41, 5.74) is 0.587. The van der Waals surface area contributed by atoms with Crippen molar-refractivity contribution in [2.75, 3.05) is 24.3 Å².